The molecule has 1 aliphatic heterocycles. The van der Waals surface area contributed by atoms with Gasteiger partial charge in [0.15, 0.2) is 5.84 Å². The summed E-state index contributed by atoms with van der Waals surface area (Å²) in [7, 11) is 1.17. The first-order valence-electron chi connectivity index (χ1n) is 8.25. The lowest BCUT2D eigenvalue weighted by atomic mass is 9.89. The minimum atomic E-state index is -1.18. The molecule has 0 radical (unpaired) electrons. The molecule has 2 amide bonds. The van der Waals surface area contributed by atoms with Crippen LogP contribution >= 0.6 is 0 Å². The van der Waals surface area contributed by atoms with Gasteiger partial charge in [-0.1, -0.05) is 13.8 Å². The van der Waals surface area contributed by atoms with E-state index in [2.05, 4.69) is 9.98 Å². The molecule has 1 aromatic heterocycles. The highest BCUT2D eigenvalue weighted by molar-refractivity contribution is 6.25. The zero-order chi connectivity index (χ0) is 20.5. The van der Waals surface area contributed by atoms with Gasteiger partial charge in [0.1, 0.15) is 17.0 Å². The van der Waals surface area contributed by atoms with Crippen LogP contribution in [-0.4, -0.2) is 52.1 Å². The van der Waals surface area contributed by atoms with E-state index in [1.165, 1.54) is 33.2 Å². The molecule has 0 saturated carbocycles. The van der Waals surface area contributed by atoms with Crippen LogP contribution in [0.3, 0.4) is 0 Å². The Balaban J connectivity index is 2.70. The second-order valence-electron chi connectivity index (χ2n) is 6.55. The van der Waals surface area contributed by atoms with E-state index in [-0.39, 0.29) is 28.8 Å². The molecule has 0 fully saturated rings. The summed E-state index contributed by atoms with van der Waals surface area (Å²) in [6, 6.07) is 1.26. The van der Waals surface area contributed by atoms with Gasteiger partial charge in [0.05, 0.1) is 18.9 Å². The largest absolute Gasteiger partial charge is 0.465 e. The summed E-state index contributed by atoms with van der Waals surface area (Å²) in [4.78, 5) is 57.8. The predicted octanol–water partition coefficient (Wildman–Crippen LogP) is 1.34. The van der Waals surface area contributed by atoms with Gasteiger partial charge in [-0.25, -0.2) is 19.7 Å². The van der Waals surface area contributed by atoms with Crippen molar-refractivity contribution >= 4 is 29.6 Å². The Morgan fingerprint density at radius 1 is 1.22 bits per heavy atom. The number of carbonyl (C=O) groups is 4. The third-order valence-electron chi connectivity index (χ3n) is 4.37. The number of aliphatic imine (C=N–C) groups is 1. The molecular formula is C18H21N3O6. The van der Waals surface area contributed by atoms with E-state index in [1.54, 1.807) is 20.8 Å². The molecule has 1 aromatic rings. The average molecular weight is 375 g/mol. The zero-order valence-corrected chi connectivity index (χ0v) is 16.0. The predicted molar refractivity (Wildman–Crippen MR) is 94.2 cm³/mol. The van der Waals surface area contributed by atoms with E-state index >= 15 is 0 Å². The quantitative estimate of drug-likeness (QED) is 0.729. The highest BCUT2D eigenvalue weighted by Crippen LogP contribution is 2.33. The van der Waals surface area contributed by atoms with Gasteiger partial charge in [0.2, 0.25) is 5.91 Å². The summed E-state index contributed by atoms with van der Waals surface area (Å²) < 4.78 is 9.70. The minimum absolute atomic E-state index is 0.00863. The monoisotopic (exact) mass is 375 g/mol. The van der Waals surface area contributed by atoms with E-state index in [9.17, 15) is 19.2 Å². The van der Waals surface area contributed by atoms with Crippen LogP contribution < -0.4 is 4.74 Å². The fraction of sp³-hybridized carbons (Fsp3) is 0.444. The highest BCUT2D eigenvalue weighted by Gasteiger charge is 2.49. The zero-order valence-electron chi connectivity index (χ0n) is 16.0. The third-order valence-corrected chi connectivity index (χ3v) is 4.37. The molecule has 0 unspecified atom stereocenters. The number of ether oxygens (including phenoxy) is 2. The average Bonchev–Trinajstić information content (AvgIpc) is 2.86. The molecule has 0 N–H and O–H groups in total. The molecule has 2 heterocycles. The second-order valence-corrected chi connectivity index (χ2v) is 6.55. The van der Waals surface area contributed by atoms with Gasteiger partial charge < -0.3 is 9.47 Å². The van der Waals surface area contributed by atoms with E-state index in [4.69, 9.17) is 9.47 Å². The van der Waals surface area contributed by atoms with Gasteiger partial charge in [-0.15, -0.1) is 0 Å². The lowest BCUT2D eigenvalue weighted by Crippen LogP contribution is -2.46. The van der Waals surface area contributed by atoms with E-state index in [1.807, 2.05) is 0 Å². The molecule has 0 spiro atoms. The Bertz CT molecular complexity index is 861. The lowest BCUT2D eigenvalue weighted by molar-refractivity contribution is -0.141. The smallest absolute Gasteiger partial charge is 0.340 e. The molecule has 27 heavy (non-hydrogen) atoms. The van der Waals surface area contributed by atoms with Crippen molar-refractivity contribution in [2.75, 3.05) is 7.11 Å². The van der Waals surface area contributed by atoms with Crippen molar-refractivity contribution < 1.29 is 28.7 Å². The van der Waals surface area contributed by atoms with Crippen LogP contribution in [0.4, 0.5) is 0 Å². The number of amidine groups is 1. The summed E-state index contributed by atoms with van der Waals surface area (Å²) in [5, 5.41) is 0. The number of methoxy groups -OCH3 is 1. The van der Waals surface area contributed by atoms with Crippen LogP contribution in [0, 0.1) is 5.92 Å². The number of rotatable bonds is 4. The fourth-order valence-corrected chi connectivity index (χ4v) is 2.58. The molecule has 0 saturated heterocycles. The van der Waals surface area contributed by atoms with Gasteiger partial charge in [-0.05, 0) is 18.9 Å². The van der Waals surface area contributed by atoms with Crippen molar-refractivity contribution in [2.45, 2.75) is 40.2 Å². The summed E-state index contributed by atoms with van der Waals surface area (Å²) in [6.45, 7) is 7.66. The maximum Gasteiger partial charge on any atom is 0.340 e. The first-order chi connectivity index (χ1) is 12.5. The topological polar surface area (TPSA) is 115 Å². The minimum Gasteiger partial charge on any atom is -0.465 e. The Labute approximate surface area is 156 Å². The number of esters is 2. The first-order valence-corrected chi connectivity index (χ1v) is 8.25. The number of carbonyl (C=O) groups excluding carboxylic acids is 4. The Kier molecular flexibility index (Phi) is 5.43. The molecule has 9 heteroatoms. The second kappa shape index (κ2) is 7.26. The van der Waals surface area contributed by atoms with Crippen molar-refractivity contribution in [2.24, 2.45) is 10.9 Å². The van der Waals surface area contributed by atoms with Crippen molar-refractivity contribution in [3.63, 3.8) is 0 Å². The first kappa shape index (κ1) is 20.2. The van der Waals surface area contributed by atoms with Gasteiger partial charge in [0.25, 0.3) is 5.91 Å². The lowest BCUT2D eigenvalue weighted by Gasteiger charge is -2.24. The number of nitrogens with zero attached hydrogens (tertiary/aromatic N) is 3. The van der Waals surface area contributed by atoms with Crippen LogP contribution in [0.25, 0.3) is 0 Å². The standard InChI is InChI=1S/C18H21N3O6/c1-9(2)18(5)17(25)21(10(3)22)15(20-18)14-13(16(24)26-6)7-12(8-19-14)27-11(4)23/h7-9H,1-6H3/t18-/m0/s1. The van der Waals surface area contributed by atoms with E-state index in [0.717, 1.165) is 4.90 Å². The number of hydrogen-bond donors (Lipinski definition) is 0. The summed E-state index contributed by atoms with van der Waals surface area (Å²) in [5.41, 5.74) is -1.27. The summed E-state index contributed by atoms with van der Waals surface area (Å²) in [6.07, 6.45) is 1.21. The van der Waals surface area contributed by atoms with Crippen molar-refractivity contribution in [3.8, 4) is 5.75 Å². The highest BCUT2D eigenvalue weighted by atomic mass is 16.5. The summed E-state index contributed by atoms with van der Waals surface area (Å²) >= 11 is 0. The molecule has 0 bridgehead atoms. The molecule has 1 atom stereocenters. The number of hydrogen-bond acceptors (Lipinski definition) is 8. The Morgan fingerprint density at radius 3 is 2.33 bits per heavy atom. The molecule has 144 valence electrons. The van der Waals surface area contributed by atoms with Gasteiger partial charge in [0, 0.05) is 13.8 Å². The molecule has 0 aromatic carbocycles. The Morgan fingerprint density at radius 2 is 1.85 bits per heavy atom. The van der Waals surface area contributed by atoms with E-state index < -0.39 is 29.3 Å². The van der Waals surface area contributed by atoms with Crippen molar-refractivity contribution in [1.29, 1.82) is 0 Å². The van der Waals surface area contributed by atoms with Crippen molar-refractivity contribution in [1.82, 2.24) is 9.88 Å². The molecular weight excluding hydrogens is 354 g/mol. The number of pyridine rings is 1. The van der Waals surface area contributed by atoms with Crippen LogP contribution in [0.15, 0.2) is 17.3 Å². The number of amides is 2. The SMILES string of the molecule is COC(=O)c1cc(OC(C)=O)cnc1C1=N[C@@](C)(C(C)C)C(=O)N1C(C)=O. The number of imide groups is 1. The summed E-state index contributed by atoms with van der Waals surface area (Å²) in [5.74, 6) is -2.64. The third kappa shape index (κ3) is 3.57. The molecule has 2 rings (SSSR count). The van der Waals surface area contributed by atoms with Gasteiger partial charge >= 0.3 is 11.9 Å². The van der Waals surface area contributed by atoms with Crippen LogP contribution in [0.2, 0.25) is 0 Å². The Hall–Kier alpha value is -3.10. The molecule has 1 aliphatic rings. The normalized spacial score (nSPS) is 19.1. The van der Waals surface area contributed by atoms with Crippen LogP contribution in [0.5, 0.6) is 5.75 Å². The van der Waals surface area contributed by atoms with Crippen LogP contribution in [0.1, 0.15) is 50.7 Å². The van der Waals surface area contributed by atoms with Gasteiger partial charge in [-0.3, -0.25) is 14.4 Å². The van der Waals surface area contributed by atoms with Crippen molar-refractivity contribution in [3.05, 3.63) is 23.5 Å². The fourth-order valence-electron chi connectivity index (χ4n) is 2.58. The molecule has 0 aliphatic carbocycles. The van der Waals surface area contributed by atoms with Gasteiger partial charge in [-0.2, -0.15) is 0 Å². The maximum absolute atomic E-state index is 12.8. The van der Waals surface area contributed by atoms with E-state index in [0.29, 0.717) is 0 Å². The number of aromatic nitrogens is 1. The maximum atomic E-state index is 12.8. The van der Waals surface area contributed by atoms with Crippen LogP contribution in [-0.2, 0) is 19.1 Å². The molecule has 9 nitrogen and oxygen atoms in total.